The highest BCUT2D eigenvalue weighted by molar-refractivity contribution is 6.29. The van der Waals surface area contributed by atoms with Crippen LogP contribution in [0, 0.1) is 18.3 Å². The lowest BCUT2D eigenvalue weighted by atomic mass is 10.3. The van der Waals surface area contributed by atoms with Gasteiger partial charge in [0.25, 0.3) is 0 Å². The maximum atomic E-state index is 8.79. The fourth-order valence-corrected chi connectivity index (χ4v) is 1.47. The molecule has 0 spiro atoms. The van der Waals surface area contributed by atoms with Crippen LogP contribution in [0.15, 0.2) is 24.4 Å². The van der Waals surface area contributed by atoms with Gasteiger partial charge in [-0.05, 0) is 19.1 Å². The third-order valence-electron chi connectivity index (χ3n) is 1.96. The molecule has 0 atom stereocenters. The van der Waals surface area contributed by atoms with Gasteiger partial charge in [-0.2, -0.15) is 10.4 Å². The molecule has 0 aliphatic rings. The van der Waals surface area contributed by atoms with E-state index in [9.17, 15) is 0 Å². The Morgan fingerprint density at radius 2 is 2.27 bits per heavy atom. The summed E-state index contributed by atoms with van der Waals surface area (Å²) in [5.41, 5.74) is 1.41. The van der Waals surface area contributed by atoms with E-state index < -0.39 is 0 Å². The average Bonchev–Trinajstić information content (AvgIpc) is 2.63. The van der Waals surface area contributed by atoms with Crippen LogP contribution >= 0.6 is 11.6 Å². The maximum absolute atomic E-state index is 8.79. The number of nitriles is 1. The molecule has 15 heavy (non-hydrogen) atoms. The van der Waals surface area contributed by atoms with Crippen LogP contribution in [-0.4, -0.2) is 14.8 Å². The number of aromatic nitrogens is 3. The monoisotopic (exact) mass is 218 g/mol. The van der Waals surface area contributed by atoms with E-state index in [1.165, 1.54) is 6.07 Å². The summed E-state index contributed by atoms with van der Waals surface area (Å²) in [5, 5.41) is 13.2. The second-order valence-electron chi connectivity index (χ2n) is 3.03. The molecule has 5 heteroatoms. The summed E-state index contributed by atoms with van der Waals surface area (Å²) < 4.78 is 1.63. The molecule has 2 aromatic rings. The van der Waals surface area contributed by atoms with Crippen LogP contribution in [0.4, 0.5) is 0 Å². The average molecular weight is 219 g/mol. The van der Waals surface area contributed by atoms with Crippen LogP contribution in [0.2, 0.25) is 5.15 Å². The zero-order valence-electron chi connectivity index (χ0n) is 7.98. The minimum atomic E-state index is 0.291. The van der Waals surface area contributed by atoms with E-state index in [0.29, 0.717) is 16.5 Å². The molecular weight excluding hydrogens is 212 g/mol. The first-order valence-electron chi connectivity index (χ1n) is 4.29. The molecular formula is C10H7ClN4. The van der Waals surface area contributed by atoms with Crippen molar-refractivity contribution in [3.63, 3.8) is 0 Å². The maximum Gasteiger partial charge on any atom is 0.156 e. The van der Waals surface area contributed by atoms with Crippen molar-refractivity contribution in [2.24, 2.45) is 0 Å². The summed E-state index contributed by atoms with van der Waals surface area (Å²) in [5.74, 6) is 0.557. The van der Waals surface area contributed by atoms with Gasteiger partial charge in [0.1, 0.15) is 5.15 Å². The highest BCUT2D eigenvalue weighted by Gasteiger charge is 2.05. The van der Waals surface area contributed by atoms with Crippen molar-refractivity contribution in [2.75, 3.05) is 0 Å². The Labute approximate surface area is 91.7 Å². The second-order valence-corrected chi connectivity index (χ2v) is 3.42. The Hall–Kier alpha value is -1.86. The second kappa shape index (κ2) is 3.71. The predicted octanol–water partition coefficient (Wildman–Crippen LogP) is 2.10. The lowest BCUT2D eigenvalue weighted by Gasteiger charge is -2.03. The number of pyridine rings is 1. The van der Waals surface area contributed by atoms with E-state index in [4.69, 9.17) is 16.9 Å². The minimum absolute atomic E-state index is 0.291. The van der Waals surface area contributed by atoms with Gasteiger partial charge in [0.15, 0.2) is 5.82 Å². The van der Waals surface area contributed by atoms with Gasteiger partial charge in [0.05, 0.1) is 11.6 Å². The molecule has 0 bridgehead atoms. The first-order chi connectivity index (χ1) is 7.20. The quantitative estimate of drug-likeness (QED) is 0.689. The minimum Gasteiger partial charge on any atom is -0.220 e. The molecule has 0 aliphatic heterocycles. The Morgan fingerprint density at radius 1 is 1.47 bits per heavy atom. The van der Waals surface area contributed by atoms with E-state index >= 15 is 0 Å². The zero-order valence-corrected chi connectivity index (χ0v) is 8.73. The standard InChI is InChI=1S/C10H7ClN4/c1-7-2-3-13-15(7)10-5-8(6-12)4-9(11)14-10/h2-5H,1H3. The summed E-state index contributed by atoms with van der Waals surface area (Å²) in [6.45, 7) is 1.90. The molecule has 0 radical (unpaired) electrons. The van der Waals surface area contributed by atoms with Crippen molar-refractivity contribution >= 4 is 11.6 Å². The van der Waals surface area contributed by atoms with Gasteiger partial charge < -0.3 is 0 Å². The van der Waals surface area contributed by atoms with Crippen LogP contribution in [0.3, 0.4) is 0 Å². The van der Waals surface area contributed by atoms with Crippen LogP contribution in [0.25, 0.3) is 5.82 Å². The summed E-state index contributed by atoms with van der Waals surface area (Å²) in [4.78, 5) is 4.10. The molecule has 0 saturated carbocycles. The number of hydrogen-bond acceptors (Lipinski definition) is 3. The number of aryl methyl sites for hydroxylation is 1. The first kappa shape index (κ1) is 9.69. The molecule has 0 aromatic carbocycles. The SMILES string of the molecule is Cc1ccnn1-c1cc(C#N)cc(Cl)n1. The van der Waals surface area contributed by atoms with E-state index in [2.05, 4.69) is 10.1 Å². The molecule has 0 fully saturated rings. The molecule has 74 valence electrons. The highest BCUT2D eigenvalue weighted by Crippen LogP contribution is 2.14. The van der Waals surface area contributed by atoms with Crippen molar-refractivity contribution in [2.45, 2.75) is 6.92 Å². The van der Waals surface area contributed by atoms with Crippen LogP contribution < -0.4 is 0 Å². The van der Waals surface area contributed by atoms with Crippen molar-refractivity contribution in [3.05, 3.63) is 40.8 Å². The van der Waals surface area contributed by atoms with Crippen LogP contribution in [0.5, 0.6) is 0 Å². The van der Waals surface area contributed by atoms with Gasteiger partial charge in [0, 0.05) is 18.0 Å². The highest BCUT2D eigenvalue weighted by atomic mass is 35.5. The largest absolute Gasteiger partial charge is 0.220 e. The molecule has 0 aliphatic carbocycles. The fraction of sp³-hybridized carbons (Fsp3) is 0.100. The van der Waals surface area contributed by atoms with Gasteiger partial charge in [-0.1, -0.05) is 11.6 Å². The van der Waals surface area contributed by atoms with Crippen molar-refractivity contribution in [1.29, 1.82) is 5.26 Å². The van der Waals surface area contributed by atoms with Crippen molar-refractivity contribution in [3.8, 4) is 11.9 Å². The molecule has 4 nitrogen and oxygen atoms in total. The lowest BCUT2D eigenvalue weighted by Crippen LogP contribution is -2.02. The summed E-state index contributed by atoms with van der Waals surface area (Å²) >= 11 is 5.79. The van der Waals surface area contributed by atoms with Crippen molar-refractivity contribution < 1.29 is 0 Å². The molecule has 0 N–H and O–H groups in total. The van der Waals surface area contributed by atoms with Crippen LogP contribution in [-0.2, 0) is 0 Å². The number of hydrogen-bond donors (Lipinski definition) is 0. The fourth-order valence-electron chi connectivity index (χ4n) is 1.27. The van der Waals surface area contributed by atoms with Gasteiger partial charge in [-0.15, -0.1) is 0 Å². The molecule has 0 amide bonds. The topological polar surface area (TPSA) is 54.5 Å². The Bertz CT molecular complexity index is 539. The first-order valence-corrected chi connectivity index (χ1v) is 4.67. The zero-order chi connectivity index (χ0) is 10.8. The van der Waals surface area contributed by atoms with Gasteiger partial charge in [-0.25, -0.2) is 9.67 Å². The lowest BCUT2D eigenvalue weighted by molar-refractivity contribution is 0.817. The van der Waals surface area contributed by atoms with Gasteiger partial charge >= 0.3 is 0 Å². The summed E-state index contributed by atoms with van der Waals surface area (Å²) in [7, 11) is 0. The molecule has 2 rings (SSSR count). The summed E-state index contributed by atoms with van der Waals surface area (Å²) in [6.07, 6.45) is 1.67. The van der Waals surface area contributed by atoms with Gasteiger partial charge in [0.2, 0.25) is 0 Å². The number of nitrogens with zero attached hydrogens (tertiary/aromatic N) is 4. The molecule has 2 aromatic heterocycles. The number of rotatable bonds is 1. The summed E-state index contributed by atoms with van der Waals surface area (Å²) in [6, 6.07) is 7.04. The smallest absolute Gasteiger partial charge is 0.156 e. The van der Waals surface area contributed by atoms with Crippen LogP contribution in [0.1, 0.15) is 11.3 Å². The molecule has 2 heterocycles. The third kappa shape index (κ3) is 1.83. The van der Waals surface area contributed by atoms with E-state index in [1.807, 2.05) is 19.1 Å². The van der Waals surface area contributed by atoms with Gasteiger partial charge in [-0.3, -0.25) is 0 Å². The Balaban J connectivity index is 2.59. The Kier molecular flexibility index (Phi) is 2.40. The number of halogens is 1. The molecule has 0 unspecified atom stereocenters. The predicted molar refractivity (Wildman–Crippen MR) is 55.8 cm³/mol. The van der Waals surface area contributed by atoms with E-state index in [-0.39, 0.29) is 0 Å². The normalized spacial score (nSPS) is 9.93. The third-order valence-corrected chi connectivity index (χ3v) is 2.15. The van der Waals surface area contributed by atoms with E-state index in [1.54, 1.807) is 16.9 Å². The van der Waals surface area contributed by atoms with Crippen molar-refractivity contribution in [1.82, 2.24) is 14.8 Å². The Morgan fingerprint density at radius 3 is 2.87 bits per heavy atom. The van der Waals surface area contributed by atoms with E-state index in [0.717, 1.165) is 5.69 Å². The molecule has 0 saturated heterocycles.